The van der Waals surface area contributed by atoms with Crippen LogP contribution in [0.1, 0.15) is 59.8 Å². The quantitative estimate of drug-likeness (QED) is 0.545. The van der Waals surface area contributed by atoms with E-state index in [-0.39, 0.29) is 10.6 Å². The maximum atomic E-state index is 12.8. The molecule has 1 unspecified atom stereocenters. The van der Waals surface area contributed by atoms with Crippen molar-refractivity contribution in [1.29, 1.82) is 0 Å². The minimum Gasteiger partial charge on any atom is -0.416 e. The minimum absolute atomic E-state index is 0.241. The maximum absolute atomic E-state index is 12.8. The highest BCUT2D eigenvalue weighted by molar-refractivity contribution is 6.74. The maximum Gasteiger partial charge on any atom is 0.192 e. The van der Waals surface area contributed by atoms with Crippen molar-refractivity contribution in [1.82, 2.24) is 4.90 Å². The molecule has 1 aliphatic heterocycles. The number of allylic oxidation sites excluding steroid dienone is 1. The summed E-state index contributed by atoms with van der Waals surface area (Å²) in [5.74, 6) is 0.446. The third kappa shape index (κ3) is 3.49. The van der Waals surface area contributed by atoms with Crippen molar-refractivity contribution in [3.05, 3.63) is 11.6 Å². The van der Waals surface area contributed by atoms with Gasteiger partial charge < -0.3 is 4.43 Å². The Morgan fingerprint density at radius 2 is 2.04 bits per heavy atom. The first-order valence-corrected chi connectivity index (χ1v) is 12.2. The molecule has 0 N–H and O–H groups in total. The number of carbonyl (C=O) groups is 1. The highest BCUT2D eigenvalue weighted by Crippen LogP contribution is 2.42. The Bertz CT molecular complexity index is 478. The van der Waals surface area contributed by atoms with Crippen LogP contribution in [0.2, 0.25) is 18.1 Å². The molecule has 1 atom stereocenters. The van der Waals surface area contributed by atoms with Crippen LogP contribution in [0.5, 0.6) is 0 Å². The average molecular weight is 338 g/mol. The average Bonchev–Trinajstić information content (AvgIpc) is 2.85. The second-order valence-corrected chi connectivity index (χ2v) is 13.4. The van der Waals surface area contributed by atoms with Gasteiger partial charge in [0.25, 0.3) is 0 Å². The van der Waals surface area contributed by atoms with Gasteiger partial charge >= 0.3 is 0 Å². The van der Waals surface area contributed by atoms with Gasteiger partial charge in [-0.1, -0.05) is 33.8 Å². The van der Waals surface area contributed by atoms with Crippen molar-refractivity contribution >= 4 is 14.1 Å². The zero-order valence-corrected chi connectivity index (χ0v) is 17.0. The third-order valence-electron chi connectivity index (χ3n) is 6.27. The minimum atomic E-state index is -1.71. The second-order valence-electron chi connectivity index (χ2n) is 8.60. The topological polar surface area (TPSA) is 29.5 Å². The summed E-state index contributed by atoms with van der Waals surface area (Å²) in [4.78, 5) is 15.2. The molecule has 132 valence electrons. The smallest absolute Gasteiger partial charge is 0.192 e. The van der Waals surface area contributed by atoms with Crippen molar-refractivity contribution in [3.63, 3.8) is 0 Å². The van der Waals surface area contributed by atoms with E-state index >= 15 is 0 Å². The summed E-state index contributed by atoms with van der Waals surface area (Å²) in [6, 6.07) is 0. The molecule has 1 saturated heterocycles. The summed E-state index contributed by atoms with van der Waals surface area (Å²) >= 11 is 0. The largest absolute Gasteiger partial charge is 0.416 e. The molecule has 1 fully saturated rings. The normalized spacial score (nSPS) is 26.9. The molecule has 0 aromatic heterocycles. The van der Waals surface area contributed by atoms with E-state index in [1.165, 1.54) is 5.57 Å². The summed E-state index contributed by atoms with van der Waals surface area (Å²) in [5.41, 5.74) is 1.07. The van der Waals surface area contributed by atoms with Crippen molar-refractivity contribution in [2.45, 2.75) is 83.5 Å². The summed E-state index contributed by atoms with van der Waals surface area (Å²) in [7, 11) is -1.71. The molecule has 23 heavy (non-hydrogen) atoms. The van der Waals surface area contributed by atoms with Crippen LogP contribution in [0, 0.1) is 0 Å². The van der Waals surface area contributed by atoms with E-state index in [1.807, 2.05) is 0 Å². The fourth-order valence-electron chi connectivity index (χ4n) is 3.85. The number of Topliss-reactive ketones (excluding diaryl/α,β-unsaturated/α-hetero) is 1. The van der Waals surface area contributed by atoms with E-state index in [4.69, 9.17) is 4.43 Å². The standard InChI is InChI=1S/C19H35NO2Si/c1-7-16-10-8-11-17(21)19(16)12-9-13-20(19)14-15-22-23(5,6)18(2,3)4/h10H,7-9,11-15H2,1-6H3. The molecule has 0 amide bonds. The summed E-state index contributed by atoms with van der Waals surface area (Å²) in [6.45, 7) is 16.3. The lowest BCUT2D eigenvalue weighted by Crippen LogP contribution is -2.54. The zero-order valence-electron chi connectivity index (χ0n) is 16.0. The highest BCUT2D eigenvalue weighted by Gasteiger charge is 2.49. The molecule has 1 spiro atoms. The summed E-state index contributed by atoms with van der Waals surface area (Å²) in [5, 5.41) is 0.241. The van der Waals surface area contributed by atoms with Crippen LogP contribution in [0.3, 0.4) is 0 Å². The molecule has 2 aliphatic rings. The van der Waals surface area contributed by atoms with E-state index in [1.54, 1.807) is 0 Å². The van der Waals surface area contributed by atoms with Crippen LogP contribution in [-0.4, -0.2) is 44.2 Å². The number of hydrogen-bond acceptors (Lipinski definition) is 3. The van der Waals surface area contributed by atoms with Crippen LogP contribution < -0.4 is 0 Å². The molecule has 2 rings (SSSR count). The number of carbonyl (C=O) groups excluding carboxylic acids is 1. The van der Waals surface area contributed by atoms with Crippen LogP contribution in [0.4, 0.5) is 0 Å². The summed E-state index contributed by atoms with van der Waals surface area (Å²) in [6.07, 6.45) is 7.09. The number of likely N-dealkylation sites (tertiary alicyclic amines) is 1. The Labute approximate surface area is 143 Å². The number of ketones is 1. The van der Waals surface area contributed by atoms with Crippen molar-refractivity contribution in [2.75, 3.05) is 19.7 Å². The molecular weight excluding hydrogens is 302 g/mol. The Morgan fingerprint density at radius 1 is 1.35 bits per heavy atom. The predicted molar refractivity (Wildman–Crippen MR) is 99.3 cm³/mol. The molecule has 3 nitrogen and oxygen atoms in total. The van der Waals surface area contributed by atoms with Crippen LogP contribution >= 0.6 is 0 Å². The summed E-state index contributed by atoms with van der Waals surface area (Å²) < 4.78 is 6.36. The molecule has 0 saturated carbocycles. The fourth-order valence-corrected chi connectivity index (χ4v) is 4.89. The van der Waals surface area contributed by atoms with Gasteiger partial charge in [-0.25, -0.2) is 0 Å². The lowest BCUT2D eigenvalue weighted by molar-refractivity contribution is -0.128. The Morgan fingerprint density at radius 3 is 2.65 bits per heavy atom. The van der Waals surface area contributed by atoms with Gasteiger partial charge in [0.15, 0.2) is 14.1 Å². The second kappa shape index (κ2) is 6.81. The van der Waals surface area contributed by atoms with Gasteiger partial charge in [-0.05, 0) is 55.9 Å². The van der Waals surface area contributed by atoms with Gasteiger partial charge in [-0.2, -0.15) is 0 Å². The molecular formula is C19H35NO2Si. The molecule has 4 heteroatoms. The van der Waals surface area contributed by atoms with Crippen LogP contribution in [-0.2, 0) is 9.22 Å². The lowest BCUT2D eigenvalue weighted by Gasteiger charge is -2.42. The first kappa shape index (κ1) is 18.9. The number of hydrogen-bond donors (Lipinski definition) is 0. The van der Waals surface area contributed by atoms with Crippen molar-refractivity contribution in [2.24, 2.45) is 0 Å². The van der Waals surface area contributed by atoms with E-state index < -0.39 is 8.32 Å². The fraction of sp³-hybridized carbons (Fsp3) is 0.842. The van der Waals surface area contributed by atoms with Crippen LogP contribution in [0.15, 0.2) is 11.6 Å². The van der Waals surface area contributed by atoms with Gasteiger partial charge in [-0.15, -0.1) is 0 Å². The van der Waals surface area contributed by atoms with Gasteiger partial charge in [0.2, 0.25) is 0 Å². The SMILES string of the molecule is CCC1=CCCC(=O)C12CCCN2CCO[Si](C)(C)C(C)(C)C. The predicted octanol–water partition coefficient (Wildman–Crippen LogP) is 4.54. The molecule has 1 heterocycles. The van der Waals surface area contributed by atoms with E-state index in [2.05, 4.69) is 51.8 Å². The van der Waals surface area contributed by atoms with Crippen LogP contribution in [0.25, 0.3) is 0 Å². The van der Waals surface area contributed by atoms with Gasteiger partial charge in [0.1, 0.15) is 5.54 Å². The molecule has 1 aliphatic carbocycles. The molecule has 0 aromatic carbocycles. The van der Waals surface area contributed by atoms with E-state index in [0.29, 0.717) is 12.2 Å². The highest BCUT2D eigenvalue weighted by atomic mass is 28.4. The first-order valence-electron chi connectivity index (χ1n) is 9.27. The number of rotatable bonds is 5. The molecule has 0 aromatic rings. The van der Waals surface area contributed by atoms with Crippen molar-refractivity contribution in [3.8, 4) is 0 Å². The Kier molecular flexibility index (Phi) is 5.59. The van der Waals surface area contributed by atoms with Crippen molar-refractivity contribution < 1.29 is 9.22 Å². The van der Waals surface area contributed by atoms with E-state index in [0.717, 1.165) is 45.4 Å². The molecule has 0 radical (unpaired) electrons. The van der Waals surface area contributed by atoms with Gasteiger partial charge in [-0.3, -0.25) is 9.69 Å². The first-order chi connectivity index (χ1) is 10.6. The number of nitrogens with zero attached hydrogens (tertiary/aromatic N) is 1. The molecule has 0 bridgehead atoms. The monoisotopic (exact) mass is 337 g/mol. The van der Waals surface area contributed by atoms with E-state index in [9.17, 15) is 4.79 Å². The Hall–Kier alpha value is -0.453. The lowest BCUT2D eigenvalue weighted by atomic mass is 9.76. The zero-order chi connectivity index (χ0) is 17.3. The Balaban J connectivity index is 2.07. The van der Waals surface area contributed by atoms with Gasteiger partial charge in [0, 0.05) is 19.6 Å². The van der Waals surface area contributed by atoms with Gasteiger partial charge in [0.05, 0.1) is 0 Å². The third-order valence-corrected chi connectivity index (χ3v) is 10.8.